The number of hydrogen-bond acceptors (Lipinski definition) is 4. The zero-order chi connectivity index (χ0) is 18.6. The molecule has 1 aromatic rings. The molecule has 5 aliphatic rings. The Kier molecular flexibility index (Phi) is 3.92. The molecule has 144 valence electrons. The number of aliphatic carboxylic acids is 1. The molecule has 1 saturated heterocycles. The molecule has 27 heavy (non-hydrogen) atoms. The number of ether oxygens (including phenoxy) is 1. The van der Waals surface area contributed by atoms with Crippen molar-refractivity contribution in [1.29, 1.82) is 0 Å². The third kappa shape index (κ3) is 2.72. The van der Waals surface area contributed by atoms with Crippen molar-refractivity contribution < 1.29 is 19.4 Å². The Balaban J connectivity index is 1.31. The summed E-state index contributed by atoms with van der Waals surface area (Å²) in [6, 6.07) is 5.79. The minimum atomic E-state index is -0.651. The van der Waals surface area contributed by atoms with Crippen LogP contribution in [0.1, 0.15) is 56.7 Å². The Bertz CT molecular complexity index is 736. The van der Waals surface area contributed by atoms with E-state index in [1.165, 1.54) is 0 Å². The highest BCUT2D eigenvalue weighted by molar-refractivity contribution is 5.75. The first-order chi connectivity index (χ1) is 13.1. The van der Waals surface area contributed by atoms with Crippen LogP contribution in [-0.4, -0.2) is 39.7 Å². The minimum Gasteiger partial charge on any atom is -0.481 e. The van der Waals surface area contributed by atoms with E-state index < -0.39 is 11.4 Å². The molecule has 6 heteroatoms. The van der Waals surface area contributed by atoms with E-state index in [0.29, 0.717) is 25.3 Å². The van der Waals surface area contributed by atoms with Crippen LogP contribution in [0.3, 0.4) is 0 Å². The standard InChI is InChI=1S/C21H26N2O4/c24-19(25)21-10-13-8-14(11-21)18(15(9-13)12-21)27-20(26)23-7-3-5-17(23)16-4-1-2-6-22-16/h1-2,4,6,13-15,17-18H,3,5,7-12H2,(H,24,25). The fourth-order valence-electron chi connectivity index (χ4n) is 6.48. The molecule has 1 N–H and O–H groups in total. The summed E-state index contributed by atoms with van der Waals surface area (Å²) >= 11 is 0. The Morgan fingerprint density at radius 3 is 2.63 bits per heavy atom. The van der Waals surface area contributed by atoms with Crippen LogP contribution in [0.5, 0.6) is 0 Å². The lowest BCUT2D eigenvalue weighted by Crippen LogP contribution is -2.57. The molecule has 3 unspecified atom stereocenters. The summed E-state index contributed by atoms with van der Waals surface area (Å²) in [5, 5.41) is 9.76. The van der Waals surface area contributed by atoms with E-state index in [-0.39, 0.29) is 30.1 Å². The van der Waals surface area contributed by atoms with Crippen molar-refractivity contribution in [2.45, 2.75) is 57.1 Å². The third-order valence-corrected chi connectivity index (χ3v) is 7.39. The average molecular weight is 370 g/mol. The van der Waals surface area contributed by atoms with Gasteiger partial charge >= 0.3 is 12.1 Å². The first-order valence-electron chi connectivity index (χ1n) is 10.2. The maximum Gasteiger partial charge on any atom is 0.410 e. The molecular weight excluding hydrogens is 344 g/mol. The molecule has 1 aromatic heterocycles. The van der Waals surface area contributed by atoms with E-state index in [1.54, 1.807) is 6.20 Å². The molecular formula is C21H26N2O4. The highest BCUT2D eigenvalue weighted by Crippen LogP contribution is 2.61. The minimum absolute atomic E-state index is 0.0131. The number of likely N-dealkylation sites (tertiary alicyclic amines) is 1. The number of nitrogens with zero attached hydrogens (tertiary/aromatic N) is 2. The maximum absolute atomic E-state index is 13.0. The Labute approximate surface area is 158 Å². The Morgan fingerprint density at radius 1 is 1.19 bits per heavy atom. The van der Waals surface area contributed by atoms with Gasteiger partial charge in [-0.3, -0.25) is 14.7 Å². The summed E-state index contributed by atoms with van der Waals surface area (Å²) in [5.41, 5.74) is 0.352. The zero-order valence-corrected chi connectivity index (χ0v) is 15.4. The lowest BCUT2D eigenvalue weighted by Gasteiger charge is -2.57. The molecule has 2 heterocycles. The van der Waals surface area contributed by atoms with Crippen molar-refractivity contribution in [3.8, 4) is 0 Å². The number of rotatable bonds is 3. The molecule has 1 amide bonds. The topological polar surface area (TPSA) is 79.7 Å². The van der Waals surface area contributed by atoms with Crippen LogP contribution in [0.25, 0.3) is 0 Å². The molecule has 0 spiro atoms. The largest absolute Gasteiger partial charge is 0.481 e. The van der Waals surface area contributed by atoms with Gasteiger partial charge in [0.25, 0.3) is 0 Å². The summed E-state index contributed by atoms with van der Waals surface area (Å²) in [6.45, 7) is 0.698. The molecule has 1 aliphatic heterocycles. The monoisotopic (exact) mass is 370 g/mol. The van der Waals surface area contributed by atoms with Gasteiger partial charge in [0.05, 0.1) is 17.2 Å². The Morgan fingerprint density at radius 2 is 1.96 bits per heavy atom. The summed E-state index contributed by atoms with van der Waals surface area (Å²) in [4.78, 5) is 31.1. The van der Waals surface area contributed by atoms with Crippen molar-refractivity contribution in [3.05, 3.63) is 30.1 Å². The van der Waals surface area contributed by atoms with Crippen molar-refractivity contribution in [1.82, 2.24) is 9.88 Å². The smallest absolute Gasteiger partial charge is 0.410 e. The van der Waals surface area contributed by atoms with E-state index >= 15 is 0 Å². The first-order valence-corrected chi connectivity index (χ1v) is 10.2. The molecule has 4 saturated carbocycles. The number of carboxylic acids is 1. The summed E-state index contributed by atoms with van der Waals surface area (Å²) in [5.74, 6) is 0.238. The highest BCUT2D eigenvalue weighted by atomic mass is 16.6. The molecule has 0 aromatic carbocycles. The molecule has 0 radical (unpaired) electrons. The van der Waals surface area contributed by atoms with Crippen LogP contribution in [0.15, 0.2) is 24.4 Å². The van der Waals surface area contributed by atoms with E-state index in [1.807, 2.05) is 23.1 Å². The van der Waals surface area contributed by atoms with Crippen molar-refractivity contribution >= 4 is 12.1 Å². The number of aromatic nitrogens is 1. The second kappa shape index (κ2) is 6.21. The maximum atomic E-state index is 13.0. The lowest BCUT2D eigenvalue weighted by molar-refractivity contribution is -0.179. The van der Waals surface area contributed by atoms with Gasteiger partial charge in [0.1, 0.15) is 6.10 Å². The third-order valence-electron chi connectivity index (χ3n) is 7.39. The number of carbonyl (C=O) groups is 2. The molecule has 6 rings (SSSR count). The van der Waals surface area contributed by atoms with Gasteiger partial charge in [0.15, 0.2) is 0 Å². The number of carboxylic acid groups (broad SMARTS) is 1. The van der Waals surface area contributed by atoms with Crippen LogP contribution in [0.4, 0.5) is 4.79 Å². The normalized spacial score (nSPS) is 39.6. The number of hydrogen-bond donors (Lipinski definition) is 1. The summed E-state index contributed by atoms with van der Waals surface area (Å²) in [7, 11) is 0. The molecule has 3 atom stereocenters. The van der Waals surface area contributed by atoms with Crippen LogP contribution < -0.4 is 0 Å². The Hall–Kier alpha value is -2.11. The molecule has 5 fully saturated rings. The van der Waals surface area contributed by atoms with E-state index in [2.05, 4.69) is 4.98 Å². The van der Waals surface area contributed by atoms with Gasteiger partial charge in [-0.15, -0.1) is 0 Å². The lowest BCUT2D eigenvalue weighted by atomic mass is 9.48. The fraction of sp³-hybridized carbons (Fsp3) is 0.667. The van der Waals surface area contributed by atoms with Gasteiger partial charge in [-0.05, 0) is 74.8 Å². The van der Waals surface area contributed by atoms with E-state index in [9.17, 15) is 14.7 Å². The average Bonchev–Trinajstić information content (AvgIpc) is 3.14. The summed E-state index contributed by atoms with van der Waals surface area (Å²) in [6.07, 6.45) is 7.42. The molecule has 4 bridgehead atoms. The zero-order valence-electron chi connectivity index (χ0n) is 15.4. The van der Waals surface area contributed by atoms with Crippen LogP contribution in [0.2, 0.25) is 0 Å². The van der Waals surface area contributed by atoms with Crippen LogP contribution in [0, 0.1) is 23.2 Å². The van der Waals surface area contributed by atoms with Gasteiger partial charge in [-0.1, -0.05) is 6.07 Å². The highest BCUT2D eigenvalue weighted by Gasteiger charge is 2.60. The first kappa shape index (κ1) is 17.0. The van der Waals surface area contributed by atoms with Gasteiger partial charge in [-0.25, -0.2) is 4.79 Å². The number of amides is 1. The molecule has 6 nitrogen and oxygen atoms in total. The number of pyridine rings is 1. The predicted octanol–water partition coefficient (Wildman–Crippen LogP) is 3.63. The molecule has 4 aliphatic carbocycles. The van der Waals surface area contributed by atoms with Gasteiger partial charge in [0.2, 0.25) is 0 Å². The number of carbonyl (C=O) groups excluding carboxylic acids is 1. The van der Waals surface area contributed by atoms with E-state index in [4.69, 9.17) is 4.74 Å². The predicted molar refractivity (Wildman–Crippen MR) is 96.8 cm³/mol. The SMILES string of the molecule is O=C(OC1C2CC3CC1CC(C(=O)O)(C3)C2)N1CCCC1c1ccccn1. The quantitative estimate of drug-likeness (QED) is 0.879. The van der Waals surface area contributed by atoms with Crippen LogP contribution in [-0.2, 0) is 9.53 Å². The van der Waals surface area contributed by atoms with Gasteiger partial charge < -0.3 is 9.84 Å². The van der Waals surface area contributed by atoms with Crippen LogP contribution >= 0.6 is 0 Å². The van der Waals surface area contributed by atoms with Gasteiger partial charge in [0, 0.05) is 12.7 Å². The van der Waals surface area contributed by atoms with Crippen molar-refractivity contribution in [2.75, 3.05) is 6.54 Å². The fourth-order valence-corrected chi connectivity index (χ4v) is 6.48. The summed E-state index contributed by atoms with van der Waals surface area (Å²) < 4.78 is 6.05. The van der Waals surface area contributed by atoms with Crippen molar-refractivity contribution in [3.63, 3.8) is 0 Å². The van der Waals surface area contributed by atoms with E-state index in [0.717, 1.165) is 37.8 Å². The van der Waals surface area contributed by atoms with Crippen molar-refractivity contribution in [2.24, 2.45) is 23.2 Å². The second-order valence-corrected chi connectivity index (χ2v) is 9.01. The van der Waals surface area contributed by atoms with Gasteiger partial charge in [-0.2, -0.15) is 0 Å². The second-order valence-electron chi connectivity index (χ2n) is 9.01.